The number of allylic oxidation sites excluding steroid dienone is 1. The number of nitrogens with zero attached hydrogens (tertiary/aromatic N) is 1. The third-order valence-electron chi connectivity index (χ3n) is 1.61. The van der Waals surface area contributed by atoms with Gasteiger partial charge in [-0.3, -0.25) is 14.9 Å². The smallest absolute Gasteiger partial charge is 0.280 e. The minimum atomic E-state index is -0.755. The number of hydrogen-bond acceptors (Lipinski definition) is 3. The SMILES string of the molecule is O=C/C=C/c1c(F)cc(Br)cc1[N+](=O)[O-]. The molecule has 0 radical (unpaired) electrons. The van der Waals surface area contributed by atoms with E-state index in [1.165, 1.54) is 6.07 Å². The zero-order chi connectivity index (χ0) is 11.4. The molecule has 0 fully saturated rings. The molecule has 0 aliphatic rings. The van der Waals surface area contributed by atoms with Crippen molar-refractivity contribution in [3.05, 3.63) is 44.2 Å². The van der Waals surface area contributed by atoms with Crippen LogP contribution in [0, 0.1) is 15.9 Å². The van der Waals surface area contributed by atoms with Gasteiger partial charge in [-0.15, -0.1) is 0 Å². The number of benzene rings is 1. The van der Waals surface area contributed by atoms with E-state index in [0.717, 1.165) is 18.2 Å². The normalized spacial score (nSPS) is 10.5. The molecule has 0 heterocycles. The Labute approximate surface area is 92.7 Å². The second-order valence-electron chi connectivity index (χ2n) is 2.57. The summed E-state index contributed by atoms with van der Waals surface area (Å²) in [7, 11) is 0. The molecule has 0 aliphatic carbocycles. The lowest BCUT2D eigenvalue weighted by molar-refractivity contribution is -0.385. The molecule has 0 atom stereocenters. The van der Waals surface area contributed by atoms with Gasteiger partial charge in [-0.25, -0.2) is 4.39 Å². The van der Waals surface area contributed by atoms with E-state index in [2.05, 4.69) is 15.9 Å². The minimum Gasteiger partial charge on any atom is -0.299 e. The molecule has 0 bridgehead atoms. The second kappa shape index (κ2) is 4.79. The summed E-state index contributed by atoms with van der Waals surface area (Å²) in [4.78, 5) is 19.9. The topological polar surface area (TPSA) is 60.2 Å². The van der Waals surface area contributed by atoms with E-state index in [9.17, 15) is 19.3 Å². The Morgan fingerprint density at radius 1 is 1.47 bits per heavy atom. The van der Waals surface area contributed by atoms with Gasteiger partial charge in [0.15, 0.2) is 0 Å². The Bertz CT molecular complexity index is 445. The maximum absolute atomic E-state index is 13.3. The Morgan fingerprint density at radius 3 is 2.67 bits per heavy atom. The first-order valence-electron chi connectivity index (χ1n) is 3.81. The van der Waals surface area contributed by atoms with Crippen molar-refractivity contribution in [1.29, 1.82) is 0 Å². The number of halogens is 2. The van der Waals surface area contributed by atoms with Crippen LogP contribution in [0.1, 0.15) is 5.56 Å². The monoisotopic (exact) mass is 273 g/mol. The molecule has 0 amide bonds. The number of nitro groups is 1. The molecule has 1 aromatic rings. The molecule has 0 unspecified atom stereocenters. The van der Waals surface area contributed by atoms with Gasteiger partial charge in [-0.2, -0.15) is 0 Å². The first-order chi connectivity index (χ1) is 7.06. The summed E-state index contributed by atoms with van der Waals surface area (Å²) in [5.74, 6) is -0.755. The van der Waals surface area contributed by atoms with Crippen molar-refractivity contribution in [2.45, 2.75) is 0 Å². The van der Waals surface area contributed by atoms with Crippen LogP contribution in [0.25, 0.3) is 6.08 Å². The predicted octanol–water partition coefficient (Wildman–Crippen LogP) is 2.71. The van der Waals surface area contributed by atoms with Crippen molar-refractivity contribution in [2.75, 3.05) is 0 Å². The van der Waals surface area contributed by atoms with E-state index in [1.54, 1.807) is 0 Å². The van der Waals surface area contributed by atoms with Gasteiger partial charge in [0.25, 0.3) is 5.69 Å². The van der Waals surface area contributed by atoms with Gasteiger partial charge in [-0.05, 0) is 18.2 Å². The van der Waals surface area contributed by atoms with Crippen molar-refractivity contribution in [3.8, 4) is 0 Å². The van der Waals surface area contributed by atoms with Crippen LogP contribution in [0.2, 0.25) is 0 Å². The van der Waals surface area contributed by atoms with Gasteiger partial charge >= 0.3 is 0 Å². The fraction of sp³-hybridized carbons (Fsp3) is 0. The van der Waals surface area contributed by atoms with Crippen molar-refractivity contribution < 1.29 is 14.1 Å². The number of carbonyl (C=O) groups is 1. The van der Waals surface area contributed by atoms with E-state index < -0.39 is 10.7 Å². The third kappa shape index (κ3) is 2.69. The molecular weight excluding hydrogens is 269 g/mol. The van der Waals surface area contributed by atoms with Crippen LogP contribution in [0.15, 0.2) is 22.7 Å². The highest BCUT2D eigenvalue weighted by Crippen LogP contribution is 2.27. The van der Waals surface area contributed by atoms with Crippen LogP contribution in [0.4, 0.5) is 10.1 Å². The van der Waals surface area contributed by atoms with Crippen molar-refractivity contribution in [1.82, 2.24) is 0 Å². The molecule has 6 heteroatoms. The molecule has 15 heavy (non-hydrogen) atoms. The zero-order valence-electron chi connectivity index (χ0n) is 7.31. The van der Waals surface area contributed by atoms with E-state index >= 15 is 0 Å². The number of hydrogen-bond donors (Lipinski definition) is 0. The maximum Gasteiger partial charge on any atom is 0.280 e. The van der Waals surface area contributed by atoms with E-state index in [0.29, 0.717) is 6.29 Å². The lowest BCUT2D eigenvalue weighted by Gasteiger charge is -2.00. The summed E-state index contributed by atoms with van der Waals surface area (Å²) < 4.78 is 13.6. The lowest BCUT2D eigenvalue weighted by atomic mass is 10.1. The standard InChI is InChI=1S/C9H5BrFNO3/c10-6-4-8(11)7(2-1-3-13)9(5-6)12(14)15/h1-5H/b2-1+. The fourth-order valence-corrected chi connectivity index (χ4v) is 1.44. The summed E-state index contributed by atoms with van der Waals surface area (Å²) in [6.07, 6.45) is 2.48. The van der Waals surface area contributed by atoms with Gasteiger partial charge < -0.3 is 0 Å². The van der Waals surface area contributed by atoms with Crippen LogP contribution in [-0.2, 0) is 4.79 Å². The Morgan fingerprint density at radius 2 is 2.13 bits per heavy atom. The summed E-state index contributed by atoms with van der Waals surface area (Å²) in [6.45, 7) is 0. The van der Waals surface area contributed by atoms with Crippen LogP contribution in [0.5, 0.6) is 0 Å². The highest BCUT2D eigenvalue weighted by molar-refractivity contribution is 9.10. The summed E-state index contributed by atoms with van der Waals surface area (Å²) in [6, 6.07) is 2.27. The van der Waals surface area contributed by atoms with E-state index in [1.807, 2.05) is 0 Å². The Balaban J connectivity index is 3.39. The Hall–Kier alpha value is -1.56. The molecule has 78 valence electrons. The van der Waals surface area contributed by atoms with Crippen molar-refractivity contribution >= 4 is 34.0 Å². The minimum absolute atomic E-state index is 0.213. The van der Waals surface area contributed by atoms with E-state index in [-0.39, 0.29) is 15.7 Å². The molecule has 0 N–H and O–H groups in total. The highest BCUT2D eigenvalue weighted by Gasteiger charge is 2.16. The van der Waals surface area contributed by atoms with Crippen LogP contribution in [-0.4, -0.2) is 11.2 Å². The predicted molar refractivity (Wildman–Crippen MR) is 55.9 cm³/mol. The van der Waals surface area contributed by atoms with E-state index in [4.69, 9.17) is 0 Å². The summed E-state index contributed by atoms with van der Waals surface area (Å²) in [5.41, 5.74) is -0.602. The maximum atomic E-state index is 13.3. The first-order valence-corrected chi connectivity index (χ1v) is 4.61. The first kappa shape index (κ1) is 11.5. The number of nitro benzene ring substituents is 1. The number of carbonyl (C=O) groups excluding carboxylic acids is 1. The summed E-state index contributed by atoms with van der Waals surface area (Å²) in [5, 5.41) is 10.6. The van der Waals surface area contributed by atoms with Crippen molar-refractivity contribution in [3.63, 3.8) is 0 Å². The average Bonchev–Trinajstić information content (AvgIpc) is 2.15. The van der Waals surface area contributed by atoms with Gasteiger partial charge in [0.05, 0.1) is 10.5 Å². The van der Waals surface area contributed by atoms with Crippen LogP contribution < -0.4 is 0 Å². The van der Waals surface area contributed by atoms with Crippen molar-refractivity contribution in [2.24, 2.45) is 0 Å². The third-order valence-corrected chi connectivity index (χ3v) is 2.07. The molecule has 0 saturated carbocycles. The quantitative estimate of drug-likeness (QED) is 0.368. The molecule has 1 aromatic carbocycles. The molecule has 0 aliphatic heterocycles. The second-order valence-corrected chi connectivity index (χ2v) is 3.49. The summed E-state index contributed by atoms with van der Waals surface area (Å²) >= 11 is 2.95. The molecule has 1 rings (SSSR count). The van der Waals surface area contributed by atoms with Gasteiger partial charge in [0.1, 0.15) is 12.1 Å². The molecule has 4 nitrogen and oxygen atoms in total. The highest BCUT2D eigenvalue weighted by atomic mass is 79.9. The number of aldehydes is 1. The van der Waals surface area contributed by atoms with Gasteiger partial charge in [0.2, 0.25) is 0 Å². The largest absolute Gasteiger partial charge is 0.299 e. The number of rotatable bonds is 3. The lowest BCUT2D eigenvalue weighted by Crippen LogP contribution is -1.94. The zero-order valence-corrected chi connectivity index (χ0v) is 8.90. The molecule has 0 spiro atoms. The Kier molecular flexibility index (Phi) is 3.68. The average molecular weight is 274 g/mol. The van der Waals surface area contributed by atoms with Gasteiger partial charge in [-0.1, -0.05) is 15.9 Å². The molecular formula is C9H5BrFNO3. The van der Waals surface area contributed by atoms with Gasteiger partial charge in [0, 0.05) is 10.5 Å². The molecule has 0 saturated heterocycles. The van der Waals surface area contributed by atoms with Crippen LogP contribution >= 0.6 is 15.9 Å². The molecule has 0 aromatic heterocycles. The van der Waals surface area contributed by atoms with Crippen LogP contribution in [0.3, 0.4) is 0 Å². The fourth-order valence-electron chi connectivity index (χ4n) is 1.02.